The molecule has 1 N–H and O–H groups in total. The number of ketones is 1. The Labute approximate surface area is 210 Å². The van der Waals surface area contributed by atoms with Gasteiger partial charge in [-0.05, 0) is 42.8 Å². The summed E-state index contributed by atoms with van der Waals surface area (Å²) in [5.74, 6) is 1.29. The minimum atomic E-state index is -0.758. The lowest BCUT2D eigenvalue weighted by atomic mass is 9.71. The van der Waals surface area contributed by atoms with Gasteiger partial charge in [-0.1, -0.05) is 41.4 Å². The molecule has 180 valence electrons. The van der Waals surface area contributed by atoms with Gasteiger partial charge in [0.25, 0.3) is 0 Å². The number of nitrogens with zero attached hydrogens (tertiary/aromatic N) is 4. The Morgan fingerprint density at radius 3 is 2.76 bits per heavy atom. The number of para-hydroxylation sites is 1. The van der Waals surface area contributed by atoms with Crippen molar-refractivity contribution >= 4 is 46.5 Å². The van der Waals surface area contributed by atoms with Gasteiger partial charge in [-0.2, -0.15) is 4.99 Å². The minimum absolute atomic E-state index is 0.151. The van der Waals surface area contributed by atoms with Gasteiger partial charge in [0, 0.05) is 46.3 Å². The second-order valence-electron chi connectivity index (χ2n) is 8.79. The van der Waals surface area contributed by atoms with Crippen molar-refractivity contribution < 1.29 is 9.53 Å². The number of benzene rings is 1. The lowest BCUT2D eigenvalue weighted by molar-refractivity contribution is -0.119. The SMILES string of the molecule is COCCN(C)C/C=C/C1=C2C(C)=CN=C3N=C(Nc4c(Cl)cccc4Cl)N(C)C32CC(=O)C1. The van der Waals surface area contributed by atoms with Gasteiger partial charge in [0.2, 0.25) is 5.96 Å². The molecule has 3 aliphatic rings. The lowest BCUT2D eigenvalue weighted by Gasteiger charge is -2.44. The maximum absolute atomic E-state index is 13.0. The van der Waals surface area contributed by atoms with Crippen molar-refractivity contribution in [2.24, 2.45) is 9.98 Å². The van der Waals surface area contributed by atoms with Gasteiger partial charge >= 0.3 is 0 Å². The Morgan fingerprint density at radius 2 is 2.06 bits per heavy atom. The second-order valence-corrected chi connectivity index (χ2v) is 9.61. The number of hydrogen-bond acceptors (Lipinski definition) is 7. The van der Waals surface area contributed by atoms with E-state index in [1.807, 2.05) is 32.1 Å². The van der Waals surface area contributed by atoms with Crippen LogP contribution in [0.25, 0.3) is 0 Å². The number of methoxy groups -OCH3 is 1. The molecular weight excluding hydrogens is 473 g/mol. The van der Waals surface area contributed by atoms with Crippen LogP contribution in [0.5, 0.6) is 0 Å². The maximum atomic E-state index is 13.0. The average Bonchev–Trinajstić information content (AvgIpc) is 3.05. The van der Waals surface area contributed by atoms with E-state index >= 15 is 0 Å². The average molecular weight is 502 g/mol. The Hall–Kier alpha value is -2.45. The third kappa shape index (κ3) is 4.45. The van der Waals surface area contributed by atoms with Crippen LogP contribution in [0.15, 0.2) is 63.3 Å². The first-order valence-corrected chi connectivity index (χ1v) is 11.9. The van der Waals surface area contributed by atoms with E-state index in [2.05, 4.69) is 27.4 Å². The predicted octanol–water partition coefficient (Wildman–Crippen LogP) is 4.56. The summed E-state index contributed by atoms with van der Waals surface area (Å²) >= 11 is 12.8. The third-order valence-electron chi connectivity index (χ3n) is 6.43. The molecular formula is C25H29Cl2N5O2. The molecule has 2 aliphatic heterocycles. The van der Waals surface area contributed by atoms with E-state index in [1.54, 1.807) is 25.3 Å². The molecule has 0 radical (unpaired) electrons. The largest absolute Gasteiger partial charge is 0.383 e. The minimum Gasteiger partial charge on any atom is -0.383 e. The summed E-state index contributed by atoms with van der Waals surface area (Å²) in [4.78, 5) is 26.6. The number of anilines is 1. The molecule has 0 bridgehead atoms. The molecule has 0 aromatic heterocycles. The number of halogens is 2. The van der Waals surface area contributed by atoms with E-state index in [0.29, 0.717) is 47.0 Å². The van der Waals surface area contributed by atoms with E-state index in [-0.39, 0.29) is 5.78 Å². The Balaban J connectivity index is 1.69. The molecule has 9 heteroatoms. The zero-order valence-corrected chi connectivity index (χ0v) is 21.4. The second kappa shape index (κ2) is 10.0. The van der Waals surface area contributed by atoms with Crippen LogP contribution in [0.2, 0.25) is 10.0 Å². The highest BCUT2D eigenvalue weighted by molar-refractivity contribution is 6.40. The number of ether oxygens (including phenoxy) is 1. The molecule has 34 heavy (non-hydrogen) atoms. The van der Waals surface area contributed by atoms with Gasteiger partial charge in [-0.15, -0.1) is 0 Å². The maximum Gasteiger partial charge on any atom is 0.205 e. The highest BCUT2D eigenvalue weighted by Crippen LogP contribution is 2.47. The number of carbonyl (C=O) groups excluding carboxylic acids is 1. The van der Waals surface area contributed by atoms with Crippen LogP contribution < -0.4 is 5.32 Å². The van der Waals surface area contributed by atoms with Crippen LogP contribution in [0, 0.1) is 0 Å². The van der Waals surface area contributed by atoms with Gasteiger partial charge < -0.3 is 19.9 Å². The molecule has 1 aliphatic carbocycles. The van der Waals surface area contributed by atoms with E-state index in [9.17, 15) is 4.79 Å². The summed E-state index contributed by atoms with van der Waals surface area (Å²) in [7, 11) is 5.67. The summed E-state index contributed by atoms with van der Waals surface area (Å²) in [6, 6.07) is 5.32. The number of hydrogen-bond donors (Lipinski definition) is 1. The first-order valence-electron chi connectivity index (χ1n) is 11.2. The molecule has 0 amide bonds. The number of nitrogens with one attached hydrogen (secondary N) is 1. The molecule has 0 saturated heterocycles. The van der Waals surface area contributed by atoms with Crippen molar-refractivity contribution in [3.05, 3.63) is 63.3 Å². The quantitative estimate of drug-likeness (QED) is 0.593. The highest BCUT2D eigenvalue weighted by Gasteiger charge is 2.55. The number of amidine groups is 1. The van der Waals surface area contributed by atoms with Crippen molar-refractivity contribution in [2.75, 3.05) is 46.2 Å². The number of likely N-dealkylation sites (N-methyl/N-ethyl adjacent to an activating group) is 2. The smallest absolute Gasteiger partial charge is 0.205 e. The first-order chi connectivity index (χ1) is 16.3. The van der Waals surface area contributed by atoms with Crippen molar-refractivity contribution in [1.82, 2.24) is 9.80 Å². The van der Waals surface area contributed by atoms with E-state index in [0.717, 1.165) is 29.8 Å². The van der Waals surface area contributed by atoms with E-state index < -0.39 is 5.54 Å². The number of aliphatic imine (C=N–C) groups is 2. The van der Waals surface area contributed by atoms with Gasteiger partial charge in [-0.3, -0.25) is 4.79 Å². The van der Waals surface area contributed by atoms with Crippen molar-refractivity contribution in [3.8, 4) is 0 Å². The van der Waals surface area contributed by atoms with Gasteiger partial charge in [0.05, 0.1) is 22.3 Å². The predicted molar refractivity (Wildman–Crippen MR) is 139 cm³/mol. The van der Waals surface area contributed by atoms with Crippen LogP contribution in [-0.4, -0.2) is 73.8 Å². The molecule has 1 atom stereocenters. The Kier molecular flexibility index (Phi) is 7.28. The zero-order chi connectivity index (χ0) is 24.5. The van der Waals surface area contributed by atoms with E-state index in [1.165, 1.54) is 0 Å². The molecule has 0 saturated carbocycles. The highest BCUT2D eigenvalue weighted by atomic mass is 35.5. The summed E-state index contributed by atoms with van der Waals surface area (Å²) < 4.78 is 5.15. The molecule has 2 heterocycles. The molecule has 1 spiro atoms. The van der Waals surface area contributed by atoms with Crippen molar-refractivity contribution in [1.29, 1.82) is 0 Å². The van der Waals surface area contributed by atoms with Gasteiger partial charge in [0.1, 0.15) is 11.3 Å². The summed E-state index contributed by atoms with van der Waals surface area (Å²) in [6.45, 7) is 4.31. The standard InChI is InChI=1S/C25H29Cl2N5O2/c1-16-15-28-23-25(32(3)24(30-23)29-22-19(26)8-5-9-20(22)27)14-18(33)13-17(21(16)25)7-6-10-31(2)11-12-34-4/h5-9,15H,10-14H2,1-4H3,(H,28,29,30)/b7-6+. The molecule has 1 unspecified atom stereocenters. The van der Waals surface area contributed by atoms with Gasteiger partial charge in [0.15, 0.2) is 5.84 Å². The fourth-order valence-corrected chi connectivity index (χ4v) is 5.20. The third-order valence-corrected chi connectivity index (χ3v) is 7.06. The van der Waals surface area contributed by atoms with Crippen molar-refractivity contribution in [3.63, 3.8) is 0 Å². The lowest BCUT2D eigenvalue weighted by Crippen LogP contribution is -2.56. The van der Waals surface area contributed by atoms with Crippen LogP contribution >= 0.6 is 23.2 Å². The van der Waals surface area contributed by atoms with Crippen LogP contribution in [0.1, 0.15) is 19.8 Å². The molecule has 4 rings (SSSR count). The van der Waals surface area contributed by atoms with Gasteiger partial charge in [-0.25, -0.2) is 4.99 Å². The number of Topliss-reactive ketones (excluding diaryl/α,β-unsaturated/α-hetero) is 1. The molecule has 1 aromatic rings. The summed E-state index contributed by atoms with van der Waals surface area (Å²) in [6.07, 6.45) is 6.70. The van der Waals surface area contributed by atoms with Crippen molar-refractivity contribution in [2.45, 2.75) is 25.3 Å². The number of allylic oxidation sites excluding steroid dienone is 2. The normalized spacial score (nSPS) is 22.1. The fourth-order valence-electron chi connectivity index (χ4n) is 4.71. The topological polar surface area (TPSA) is 69.5 Å². The summed E-state index contributed by atoms with van der Waals surface area (Å²) in [5.41, 5.74) is 2.93. The Bertz CT molecular complexity index is 1130. The van der Waals surface area contributed by atoms with E-state index in [4.69, 9.17) is 32.9 Å². The van der Waals surface area contributed by atoms with Crippen LogP contribution in [-0.2, 0) is 9.53 Å². The molecule has 0 fully saturated rings. The number of carbonyl (C=O) groups is 1. The molecule has 1 aromatic carbocycles. The zero-order valence-electron chi connectivity index (χ0n) is 19.9. The number of rotatable bonds is 7. The fraction of sp³-hybridized carbons (Fsp3) is 0.400. The first kappa shape index (κ1) is 24.7. The summed E-state index contributed by atoms with van der Waals surface area (Å²) in [5, 5.41) is 4.25. The number of guanidine groups is 1. The monoisotopic (exact) mass is 501 g/mol. The molecule has 7 nitrogen and oxygen atoms in total. The van der Waals surface area contributed by atoms with Crippen LogP contribution in [0.3, 0.4) is 0 Å². The van der Waals surface area contributed by atoms with Crippen LogP contribution in [0.4, 0.5) is 5.69 Å². The Morgan fingerprint density at radius 1 is 1.32 bits per heavy atom.